The maximum Gasteiger partial charge on any atom is 0.119 e. The Kier molecular flexibility index (Phi) is 5.81. The molecule has 1 nitrogen and oxygen atoms in total. The first-order valence-electron chi connectivity index (χ1n) is 4.09. The van der Waals surface area contributed by atoms with Gasteiger partial charge in [0.05, 0.1) is 0 Å². The van der Waals surface area contributed by atoms with Gasteiger partial charge in [0.25, 0.3) is 0 Å². The van der Waals surface area contributed by atoms with E-state index in [1.54, 1.807) is 6.07 Å². The van der Waals surface area contributed by atoms with Crippen molar-refractivity contribution in [1.82, 2.24) is 0 Å². The van der Waals surface area contributed by atoms with Crippen LogP contribution >= 0.6 is 15.9 Å². The third-order valence-corrected chi connectivity index (χ3v) is 2.08. The molecule has 0 saturated heterocycles. The van der Waals surface area contributed by atoms with Crippen LogP contribution in [0, 0.1) is 6.92 Å². The van der Waals surface area contributed by atoms with Gasteiger partial charge in [-0.15, -0.1) is 0 Å². The molecule has 0 amide bonds. The summed E-state index contributed by atoms with van der Waals surface area (Å²) >= 11 is 3.30. The third kappa shape index (κ3) is 2.86. The molecule has 0 radical (unpaired) electrons. The number of hydrogen-bond donors (Lipinski definition) is 1. The summed E-state index contributed by atoms with van der Waals surface area (Å²) in [5, 5.41) is 9.98. The average Bonchev–Trinajstić information content (AvgIpc) is 2.08. The molecule has 0 unspecified atom stereocenters. The first kappa shape index (κ1) is 11.5. The molecular formula is C10H15BrO. The molecule has 68 valence electrons. The van der Waals surface area contributed by atoms with Gasteiger partial charge in [0, 0.05) is 10.9 Å². The first-order valence-corrected chi connectivity index (χ1v) is 5.21. The van der Waals surface area contributed by atoms with Crippen molar-refractivity contribution in [3.05, 3.63) is 29.3 Å². The van der Waals surface area contributed by atoms with E-state index in [-0.39, 0.29) is 0 Å². The van der Waals surface area contributed by atoms with E-state index in [1.807, 2.05) is 32.9 Å². The van der Waals surface area contributed by atoms with Crippen molar-refractivity contribution < 1.29 is 5.11 Å². The number of benzene rings is 1. The molecule has 0 bridgehead atoms. The highest BCUT2D eigenvalue weighted by Crippen LogP contribution is 2.22. The highest BCUT2D eigenvalue weighted by atomic mass is 79.9. The maximum atomic E-state index is 9.26. The second kappa shape index (κ2) is 6.06. The predicted octanol–water partition coefficient (Wildman–Crippen LogP) is 3.62. The molecular weight excluding hydrogens is 216 g/mol. The zero-order valence-corrected chi connectivity index (χ0v) is 9.35. The van der Waals surface area contributed by atoms with Crippen molar-refractivity contribution in [2.45, 2.75) is 26.1 Å². The molecule has 0 heterocycles. The lowest BCUT2D eigenvalue weighted by Gasteiger charge is -2.02. The second-order valence-electron chi connectivity index (χ2n) is 2.21. The Morgan fingerprint density at radius 2 is 1.92 bits per heavy atom. The van der Waals surface area contributed by atoms with Crippen LogP contribution in [0.4, 0.5) is 0 Å². The van der Waals surface area contributed by atoms with E-state index in [2.05, 4.69) is 15.9 Å². The molecule has 12 heavy (non-hydrogen) atoms. The minimum Gasteiger partial charge on any atom is -0.508 e. The summed E-state index contributed by atoms with van der Waals surface area (Å²) < 4.78 is 0. The van der Waals surface area contributed by atoms with Crippen LogP contribution < -0.4 is 0 Å². The molecule has 0 atom stereocenters. The predicted molar refractivity (Wildman–Crippen MR) is 56.8 cm³/mol. The molecule has 0 fully saturated rings. The van der Waals surface area contributed by atoms with E-state index in [1.165, 1.54) is 0 Å². The summed E-state index contributed by atoms with van der Waals surface area (Å²) in [5.74, 6) is 0.372. The summed E-state index contributed by atoms with van der Waals surface area (Å²) in [4.78, 5) is 0. The molecule has 1 aromatic rings. The highest BCUT2D eigenvalue weighted by Gasteiger charge is 2.00. The van der Waals surface area contributed by atoms with Crippen LogP contribution in [0.3, 0.4) is 0 Å². The topological polar surface area (TPSA) is 20.2 Å². The molecule has 1 N–H and O–H groups in total. The molecule has 0 aliphatic heterocycles. The second-order valence-corrected chi connectivity index (χ2v) is 2.77. The summed E-state index contributed by atoms with van der Waals surface area (Å²) in [6, 6.07) is 5.52. The van der Waals surface area contributed by atoms with Gasteiger partial charge < -0.3 is 5.11 Å². The Hall–Kier alpha value is -0.500. The monoisotopic (exact) mass is 230 g/mol. The van der Waals surface area contributed by atoms with Gasteiger partial charge in [-0.05, 0) is 18.6 Å². The fourth-order valence-corrected chi connectivity index (χ4v) is 1.59. The number of halogens is 1. The van der Waals surface area contributed by atoms with Gasteiger partial charge in [-0.1, -0.05) is 41.9 Å². The first-order chi connectivity index (χ1) is 5.75. The fraction of sp³-hybridized carbons (Fsp3) is 0.400. The lowest BCUT2D eigenvalue weighted by atomic mass is 10.1. The van der Waals surface area contributed by atoms with E-state index < -0.39 is 0 Å². The van der Waals surface area contributed by atoms with Gasteiger partial charge in [-0.2, -0.15) is 0 Å². The zero-order valence-electron chi connectivity index (χ0n) is 7.76. The number of phenols is 1. The average molecular weight is 231 g/mol. The van der Waals surface area contributed by atoms with Gasteiger partial charge in [0.15, 0.2) is 0 Å². The van der Waals surface area contributed by atoms with E-state index in [0.717, 1.165) is 11.1 Å². The molecule has 0 aliphatic carbocycles. The van der Waals surface area contributed by atoms with Crippen molar-refractivity contribution >= 4 is 15.9 Å². The minimum absolute atomic E-state index is 0.372. The van der Waals surface area contributed by atoms with Crippen molar-refractivity contribution in [2.24, 2.45) is 0 Å². The third-order valence-electron chi connectivity index (χ3n) is 1.52. The Bertz CT molecular complexity index is 213. The number of aromatic hydroxyl groups is 1. The summed E-state index contributed by atoms with van der Waals surface area (Å²) in [7, 11) is 0. The number of phenolic OH excluding ortho intramolecular Hbond substituents is 1. The molecule has 0 spiro atoms. The Morgan fingerprint density at radius 3 is 2.25 bits per heavy atom. The van der Waals surface area contributed by atoms with Crippen molar-refractivity contribution in [1.29, 1.82) is 0 Å². The van der Waals surface area contributed by atoms with Gasteiger partial charge >= 0.3 is 0 Å². The van der Waals surface area contributed by atoms with Gasteiger partial charge in [0.2, 0.25) is 0 Å². The van der Waals surface area contributed by atoms with Crippen LogP contribution in [0.5, 0.6) is 5.75 Å². The summed E-state index contributed by atoms with van der Waals surface area (Å²) in [5.41, 5.74) is 2.10. The minimum atomic E-state index is 0.372. The Labute approximate surface area is 82.6 Å². The lowest BCUT2D eigenvalue weighted by Crippen LogP contribution is -1.83. The smallest absolute Gasteiger partial charge is 0.119 e. The van der Waals surface area contributed by atoms with Crippen molar-refractivity contribution in [3.63, 3.8) is 0 Å². The molecule has 0 aliphatic rings. The summed E-state index contributed by atoms with van der Waals surface area (Å²) in [6.07, 6.45) is 0. The van der Waals surface area contributed by atoms with E-state index in [4.69, 9.17) is 0 Å². The number of rotatable bonds is 1. The van der Waals surface area contributed by atoms with Crippen LogP contribution in [0.15, 0.2) is 18.2 Å². The van der Waals surface area contributed by atoms with Gasteiger partial charge in [0.1, 0.15) is 5.75 Å². The lowest BCUT2D eigenvalue weighted by molar-refractivity contribution is 0.470. The van der Waals surface area contributed by atoms with Crippen LogP contribution in [-0.4, -0.2) is 5.11 Å². The Morgan fingerprint density at radius 1 is 1.33 bits per heavy atom. The number of alkyl halides is 1. The number of aryl methyl sites for hydroxylation is 1. The SMILES string of the molecule is CC.Cc1cccc(O)c1CBr. The van der Waals surface area contributed by atoms with Gasteiger partial charge in [-0.3, -0.25) is 0 Å². The largest absolute Gasteiger partial charge is 0.508 e. The summed E-state index contributed by atoms with van der Waals surface area (Å²) in [6.45, 7) is 5.98. The molecule has 0 saturated carbocycles. The fourth-order valence-electron chi connectivity index (χ4n) is 0.861. The van der Waals surface area contributed by atoms with Crippen LogP contribution in [0.2, 0.25) is 0 Å². The molecule has 2 heteroatoms. The molecule has 0 aromatic heterocycles. The Balaban J connectivity index is 0.000000561. The van der Waals surface area contributed by atoms with E-state index in [9.17, 15) is 5.11 Å². The van der Waals surface area contributed by atoms with E-state index in [0.29, 0.717) is 11.1 Å². The van der Waals surface area contributed by atoms with Crippen LogP contribution in [0.1, 0.15) is 25.0 Å². The van der Waals surface area contributed by atoms with Crippen LogP contribution in [-0.2, 0) is 5.33 Å². The molecule has 1 rings (SSSR count). The quantitative estimate of drug-likeness (QED) is 0.732. The van der Waals surface area contributed by atoms with Crippen molar-refractivity contribution in [3.8, 4) is 5.75 Å². The zero-order chi connectivity index (χ0) is 9.56. The van der Waals surface area contributed by atoms with Crippen molar-refractivity contribution in [2.75, 3.05) is 0 Å². The number of hydrogen-bond acceptors (Lipinski definition) is 1. The highest BCUT2D eigenvalue weighted by molar-refractivity contribution is 9.08. The molecule has 1 aromatic carbocycles. The standard InChI is InChI=1S/C8H9BrO.C2H6/c1-6-3-2-4-8(10)7(6)5-9;1-2/h2-4,10H,5H2,1H3;1-2H3. The maximum absolute atomic E-state index is 9.26. The normalized spacial score (nSPS) is 8.67. The van der Waals surface area contributed by atoms with Gasteiger partial charge in [-0.25, -0.2) is 0 Å². The van der Waals surface area contributed by atoms with E-state index >= 15 is 0 Å². The van der Waals surface area contributed by atoms with Crippen LogP contribution in [0.25, 0.3) is 0 Å².